The van der Waals surface area contributed by atoms with Crippen LogP contribution in [-0.2, 0) is 4.79 Å². The number of thioether (sulfide) groups is 1. The van der Waals surface area contributed by atoms with Gasteiger partial charge >= 0.3 is 5.97 Å². The van der Waals surface area contributed by atoms with Crippen LogP contribution in [0.15, 0.2) is 0 Å². The minimum absolute atomic E-state index is 0.255. The predicted octanol–water partition coefficient (Wildman–Crippen LogP) is 1.83. The van der Waals surface area contributed by atoms with Crippen LogP contribution in [0, 0.1) is 5.92 Å². The van der Waals surface area contributed by atoms with E-state index in [-0.39, 0.29) is 6.42 Å². The van der Waals surface area contributed by atoms with Crippen molar-refractivity contribution in [3.8, 4) is 0 Å². The Morgan fingerprint density at radius 1 is 1.50 bits per heavy atom. The monoisotopic (exact) mass is 219 g/mol. The summed E-state index contributed by atoms with van der Waals surface area (Å²) in [6.07, 6.45) is 3.07. The molecule has 0 heterocycles. The largest absolute Gasteiger partial charge is 0.481 e. The number of carboxylic acids is 1. The van der Waals surface area contributed by atoms with Crippen LogP contribution < -0.4 is 5.32 Å². The smallest absolute Gasteiger partial charge is 0.303 e. The molecule has 0 rings (SSSR count). The first-order valence-electron chi connectivity index (χ1n) is 5.00. The zero-order valence-corrected chi connectivity index (χ0v) is 10.1. The number of hydrogen-bond donors (Lipinski definition) is 2. The van der Waals surface area contributed by atoms with Crippen molar-refractivity contribution in [3.05, 3.63) is 0 Å². The molecule has 2 N–H and O–H groups in total. The summed E-state index contributed by atoms with van der Waals surface area (Å²) >= 11 is 1.85. The summed E-state index contributed by atoms with van der Waals surface area (Å²) in [5, 5.41) is 11.8. The zero-order chi connectivity index (χ0) is 11.0. The molecular weight excluding hydrogens is 198 g/mol. The Hall–Kier alpha value is -0.220. The van der Waals surface area contributed by atoms with E-state index >= 15 is 0 Å². The van der Waals surface area contributed by atoms with E-state index in [4.69, 9.17) is 5.11 Å². The van der Waals surface area contributed by atoms with Crippen molar-refractivity contribution in [3.63, 3.8) is 0 Å². The van der Waals surface area contributed by atoms with E-state index in [0.717, 1.165) is 12.3 Å². The highest BCUT2D eigenvalue weighted by molar-refractivity contribution is 7.98. The van der Waals surface area contributed by atoms with Crippen molar-refractivity contribution in [1.29, 1.82) is 0 Å². The lowest BCUT2D eigenvalue weighted by molar-refractivity contribution is -0.137. The van der Waals surface area contributed by atoms with Crippen LogP contribution in [0.1, 0.15) is 26.7 Å². The fourth-order valence-electron chi connectivity index (χ4n) is 1.19. The van der Waals surface area contributed by atoms with Gasteiger partial charge in [0.2, 0.25) is 0 Å². The average molecular weight is 219 g/mol. The Labute approximate surface area is 90.7 Å². The molecule has 0 bridgehead atoms. The number of rotatable bonds is 8. The van der Waals surface area contributed by atoms with Crippen LogP contribution >= 0.6 is 11.8 Å². The summed E-state index contributed by atoms with van der Waals surface area (Å²) in [5.74, 6) is 1.09. The third kappa shape index (κ3) is 8.38. The molecule has 2 unspecified atom stereocenters. The van der Waals surface area contributed by atoms with E-state index in [1.165, 1.54) is 0 Å². The van der Waals surface area contributed by atoms with Gasteiger partial charge < -0.3 is 10.4 Å². The summed E-state index contributed by atoms with van der Waals surface area (Å²) in [5.41, 5.74) is 0. The van der Waals surface area contributed by atoms with E-state index in [9.17, 15) is 4.79 Å². The summed E-state index contributed by atoms with van der Waals surface area (Å²) in [7, 11) is 0. The van der Waals surface area contributed by atoms with Gasteiger partial charge in [-0.2, -0.15) is 11.8 Å². The van der Waals surface area contributed by atoms with Gasteiger partial charge in [-0.25, -0.2) is 0 Å². The highest BCUT2D eigenvalue weighted by Gasteiger charge is 2.06. The Morgan fingerprint density at radius 2 is 2.14 bits per heavy atom. The van der Waals surface area contributed by atoms with Gasteiger partial charge in [0.1, 0.15) is 0 Å². The zero-order valence-electron chi connectivity index (χ0n) is 9.25. The lowest BCUT2D eigenvalue weighted by atomic mass is 10.1. The third-order valence-electron chi connectivity index (χ3n) is 2.06. The van der Waals surface area contributed by atoms with Gasteiger partial charge in [0, 0.05) is 12.5 Å². The summed E-state index contributed by atoms with van der Waals surface area (Å²) in [6.45, 7) is 5.21. The number of carboxylic acid groups (broad SMARTS) is 1. The van der Waals surface area contributed by atoms with Crippen molar-refractivity contribution in [2.75, 3.05) is 18.6 Å². The van der Waals surface area contributed by atoms with Crippen molar-refractivity contribution in [2.24, 2.45) is 5.92 Å². The first-order chi connectivity index (χ1) is 6.56. The number of nitrogens with one attached hydrogen (secondary N) is 1. The lowest BCUT2D eigenvalue weighted by Crippen LogP contribution is -2.31. The van der Waals surface area contributed by atoms with Gasteiger partial charge in [-0.1, -0.05) is 6.92 Å². The van der Waals surface area contributed by atoms with Gasteiger partial charge in [0.25, 0.3) is 0 Å². The number of carbonyl (C=O) groups is 1. The fraction of sp³-hybridized carbons (Fsp3) is 0.900. The quantitative estimate of drug-likeness (QED) is 0.654. The normalized spacial score (nSPS) is 15.1. The van der Waals surface area contributed by atoms with E-state index < -0.39 is 5.97 Å². The second-order valence-electron chi connectivity index (χ2n) is 3.80. The van der Waals surface area contributed by atoms with E-state index in [0.29, 0.717) is 18.4 Å². The predicted molar refractivity (Wildman–Crippen MR) is 61.9 cm³/mol. The maximum atomic E-state index is 10.3. The SMILES string of the molecule is CSCC(C)CNC(C)CCC(=O)O. The molecule has 0 aliphatic heterocycles. The van der Waals surface area contributed by atoms with Crippen molar-refractivity contribution in [2.45, 2.75) is 32.7 Å². The Kier molecular flexibility index (Phi) is 7.99. The van der Waals surface area contributed by atoms with Crippen molar-refractivity contribution < 1.29 is 9.90 Å². The van der Waals surface area contributed by atoms with Gasteiger partial charge in [0.15, 0.2) is 0 Å². The topological polar surface area (TPSA) is 49.3 Å². The van der Waals surface area contributed by atoms with Crippen LogP contribution in [0.4, 0.5) is 0 Å². The molecule has 4 heteroatoms. The molecular formula is C10H21NO2S. The summed E-state index contributed by atoms with van der Waals surface area (Å²) < 4.78 is 0. The highest BCUT2D eigenvalue weighted by atomic mass is 32.2. The minimum Gasteiger partial charge on any atom is -0.481 e. The Morgan fingerprint density at radius 3 is 2.64 bits per heavy atom. The van der Waals surface area contributed by atoms with Gasteiger partial charge in [0.05, 0.1) is 0 Å². The van der Waals surface area contributed by atoms with Crippen LogP contribution in [0.3, 0.4) is 0 Å². The number of aliphatic carboxylic acids is 1. The first kappa shape index (κ1) is 13.8. The summed E-state index contributed by atoms with van der Waals surface area (Å²) in [6, 6.07) is 0.301. The second kappa shape index (κ2) is 8.12. The maximum absolute atomic E-state index is 10.3. The minimum atomic E-state index is -0.712. The number of hydrogen-bond acceptors (Lipinski definition) is 3. The Bertz CT molecular complexity index is 164. The van der Waals surface area contributed by atoms with Gasteiger partial charge in [-0.3, -0.25) is 4.79 Å². The van der Waals surface area contributed by atoms with Crippen LogP contribution in [0.2, 0.25) is 0 Å². The molecule has 14 heavy (non-hydrogen) atoms. The molecule has 0 spiro atoms. The molecule has 0 aromatic heterocycles. The fourth-order valence-corrected chi connectivity index (χ4v) is 1.87. The van der Waals surface area contributed by atoms with Crippen LogP contribution in [0.5, 0.6) is 0 Å². The van der Waals surface area contributed by atoms with Crippen LogP contribution in [-0.4, -0.2) is 35.7 Å². The molecule has 0 aliphatic carbocycles. The maximum Gasteiger partial charge on any atom is 0.303 e. The third-order valence-corrected chi connectivity index (χ3v) is 2.96. The molecule has 3 nitrogen and oxygen atoms in total. The van der Waals surface area contributed by atoms with Crippen LogP contribution in [0.25, 0.3) is 0 Å². The second-order valence-corrected chi connectivity index (χ2v) is 4.71. The average Bonchev–Trinajstić information content (AvgIpc) is 2.12. The molecule has 0 aromatic rings. The van der Waals surface area contributed by atoms with E-state index in [1.54, 1.807) is 0 Å². The van der Waals surface area contributed by atoms with Crippen molar-refractivity contribution >= 4 is 17.7 Å². The highest BCUT2D eigenvalue weighted by Crippen LogP contribution is 2.04. The molecule has 0 saturated heterocycles. The van der Waals surface area contributed by atoms with E-state index in [2.05, 4.69) is 18.5 Å². The molecule has 0 fully saturated rings. The molecule has 2 atom stereocenters. The van der Waals surface area contributed by atoms with Gasteiger partial charge in [-0.05, 0) is 37.8 Å². The molecule has 0 saturated carbocycles. The molecule has 0 aliphatic rings. The first-order valence-corrected chi connectivity index (χ1v) is 6.39. The van der Waals surface area contributed by atoms with E-state index in [1.807, 2.05) is 18.7 Å². The Balaban J connectivity index is 3.42. The molecule has 0 radical (unpaired) electrons. The molecule has 0 amide bonds. The van der Waals surface area contributed by atoms with Crippen molar-refractivity contribution in [1.82, 2.24) is 5.32 Å². The summed E-state index contributed by atoms with van der Waals surface area (Å²) in [4.78, 5) is 10.3. The van der Waals surface area contributed by atoms with Gasteiger partial charge in [-0.15, -0.1) is 0 Å². The standard InChI is InChI=1S/C10H21NO2S/c1-8(7-14-3)6-11-9(2)4-5-10(12)13/h8-9,11H,4-7H2,1-3H3,(H,12,13). The lowest BCUT2D eigenvalue weighted by Gasteiger charge is -2.16. The molecule has 0 aromatic carbocycles. The molecule has 84 valence electrons.